The van der Waals surface area contributed by atoms with Crippen LogP contribution in [0.3, 0.4) is 0 Å². The standard InChI is InChI=1S/C26H42N6/c1-17-14-20(23(4,5)6)27-30(17)26(13,31-18(2)15-21(28-31)24(7,8)9)32-19(3)16-22(29-32)25(10,11)12/h14-16H,1-13H3. The lowest BCUT2D eigenvalue weighted by Crippen LogP contribution is -2.49. The summed E-state index contributed by atoms with van der Waals surface area (Å²) in [6, 6.07) is 6.56. The normalized spacial score (nSPS) is 13.8. The third kappa shape index (κ3) is 4.04. The Labute approximate surface area is 194 Å². The quantitative estimate of drug-likeness (QED) is 0.518. The molecular weight excluding hydrogens is 396 g/mol. The van der Waals surface area contributed by atoms with Crippen molar-refractivity contribution >= 4 is 0 Å². The smallest absolute Gasteiger partial charge is 0.222 e. The van der Waals surface area contributed by atoms with Crippen molar-refractivity contribution in [2.45, 2.75) is 112 Å². The van der Waals surface area contributed by atoms with Crippen molar-refractivity contribution in [3.8, 4) is 0 Å². The molecule has 0 spiro atoms. The van der Waals surface area contributed by atoms with Gasteiger partial charge in [0.05, 0.1) is 17.1 Å². The van der Waals surface area contributed by atoms with Crippen LogP contribution in [0.25, 0.3) is 0 Å². The van der Waals surface area contributed by atoms with Gasteiger partial charge in [0.2, 0.25) is 5.79 Å². The fourth-order valence-corrected chi connectivity index (χ4v) is 4.08. The van der Waals surface area contributed by atoms with Crippen LogP contribution in [0.15, 0.2) is 18.2 Å². The molecule has 32 heavy (non-hydrogen) atoms. The van der Waals surface area contributed by atoms with E-state index in [-0.39, 0.29) is 16.2 Å². The third-order valence-corrected chi connectivity index (χ3v) is 6.17. The fourth-order valence-electron chi connectivity index (χ4n) is 4.08. The highest BCUT2D eigenvalue weighted by molar-refractivity contribution is 5.24. The molecule has 3 aromatic rings. The Morgan fingerprint density at radius 1 is 0.469 bits per heavy atom. The Bertz CT molecular complexity index is 978. The van der Waals surface area contributed by atoms with Gasteiger partial charge in [0.1, 0.15) is 0 Å². The van der Waals surface area contributed by atoms with Gasteiger partial charge in [-0.2, -0.15) is 15.3 Å². The summed E-state index contributed by atoms with van der Waals surface area (Å²) in [5.74, 6) is -0.769. The van der Waals surface area contributed by atoms with Crippen LogP contribution in [0.4, 0.5) is 0 Å². The first-order chi connectivity index (χ1) is 14.4. The van der Waals surface area contributed by atoms with Crippen LogP contribution in [-0.4, -0.2) is 29.3 Å². The zero-order valence-electron chi connectivity index (χ0n) is 22.4. The number of aryl methyl sites for hydroxylation is 3. The average Bonchev–Trinajstić information content (AvgIpc) is 3.29. The van der Waals surface area contributed by atoms with Gasteiger partial charge in [-0.1, -0.05) is 62.3 Å². The maximum absolute atomic E-state index is 5.13. The van der Waals surface area contributed by atoms with Crippen molar-refractivity contribution in [2.75, 3.05) is 0 Å². The maximum atomic E-state index is 5.13. The first kappa shape index (κ1) is 24.3. The number of hydrogen-bond donors (Lipinski definition) is 0. The molecule has 6 nitrogen and oxygen atoms in total. The number of aromatic nitrogens is 6. The zero-order valence-corrected chi connectivity index (χ0v) is 22.4. The van der Waals surface area contributed by atoms with Crippen LogP contribution >= 0.6 is 0 Å². The van der Waals surface area contributed by atoms with Crippen LogP contribution in [0.2, 0.25) is 0 Å². The van der Waals surface area contributed by atoms with E-state index >= 15 is 0 Å². The van der Waals surface area contributed by atoms with E-state index in [4.69, 9.17) is 15.3 Å². The highest BCUT2D eigenvalue weighted by Gasteiger charge is 2.40. The molecule has 0 aliphatic heterocycles. The maximum Gasteiger partial charge on any atom is 0.246 e. The Kier molecular flexibility index (Phi) is 5.56. The van der Waals surface area contributed by atoms with Gasteiger partial charge >= 0.3 is 0 Å². The lowest BCUT2D eigenvalue weighted by molar-refractivity contribution is 0.128. The van der Waals surface area contributed by atoms with Crippen LogP contribution in [0.5, 0.6) is 0 Å². The molecule has 0 saturated heterocycles. The molecule has 0 radical (unpaired) electrons. The van der Waals surface area contributed by atoms with E-state index < -0.39 is 5.79 Å². The van der Waals surface area contributed by atoms with Gasteiger partial charge in [-0.05, 0) is 39.0 Å². The summed E-state index contributed by atoms with van der Waals surface area (Å²) >= 11 is 0. The van der Waals surface area contributed by atoms with E-state index in [9.17, 15) is 0 Å². The summed E-state index contributed by atoms with van der Waals surface area (Å²) in [6.45, 7) is 28.3. The molecular formula is C26H42N6. The highest BCUT2D eigenvalue weighted by atomic mass is 15.6. The molecule has 0 aliphatic rings. The molecule has 0 aromatic carbocycles. The largest absolute Gasteiger partial charge is 0.246 e. The van der Waals surface area contributed by atoms with Crippen LogP contribution < -0.4 is 0 Å². The molecule has 3 rings (SSSR count). The molecule has 0 unspecified atom stereocenters. The minimum absolute atomic E-state index is 0.0532. The molecule has 0 N–H and O–H groups in total. The molecule has 0 atom stereocenters. The molecule has 0 aliphatic carbocycles. The predicted octanol–water partition coefficient (Wildman–Crippen LogP) is 5.82. The van der Waals surface area contributed by atoms with E-state index in [0.29, 0.717) is 0 Å². The fraction of sp³-hybridized carbons (Fsp3) is 0.654. The Balaban J connectivity index is 2.38. The average molecular weight is 439 g/mol. The van der Waals surface area contributed by atoms with Crippen molar-refractivity contribution in [2.24, 2.45) is 0 Å². The van der Waals surface area contributed by atoms with Gasteiger partial charge < -0.3 is 0 Å². The lowest BCUT2D eigenvalue weighted by Gasteiger charge is -2.34. The molecule has 0 saturated carbocycles. The second-order valence-corrected chi connectivity index (χ2v) is 12.5. The molecule has 6 heteroatoms. The molecule has 0 bridgehead atoms. The lowest BCUT2D eigenvalue weighted by atomic mass is 9.92. The van der Waals surface area contributed by atoms with Crippen molar-refractivity contribution in [3.63, 3.8) is 0 Å². The van der Waals surface area contributed by atoms with E-state index in [0.717, 1.165) is 34.2 Å². The Hall–Kier alpha value is -2.37. The summed E-state index contributed by atoms with van der Waals surface area (Å²) in [7, 11) is 0. The van der Waals surface area contributed by atoms with Crippen molar-refractivity contribution in [1.82, 2.24) is 29.3 Å². The molecule has 176 valence electrons. The second kappa shape index (κ2) is 7.32. The van der Waals surface area contributed by atoms with Gasteiger partial charge in [0.25, 0.3) is 0 Å². The number of rotatable bonds is 3. The monoisotopic (exact) mass is 438 g/mol. The molecule has 3 heterocycles. The summed E-state index contributed by atoms with van der Waals surface area (Å²) < 4.78 is 6.27. The topological polar surface area (TPSA) is 53.5 Å². The summed E-state index contributed by atoms with van der Waals surface area (Å²) in [5, 5.41) is 15.4. The van der Waals surface area contributed by atoms with E-state index in [1.54, 1.807) is 0 Å². The third-order valence-electron chi connectivity index (χ3n) is 6.17. The summed E-state index contributed by atoms with van der Waals surface area (Å²) in [4.78, 5) is 0. The van der Waals surface area contributed by atoms with Crippen LogP contribution in [0, 0.1) is 20.8 Å². The SMILES string of the molecule is Cc1cc(C(C)(C)C)nn1C(C)(n1nc(C(C)(C)C)cc1C)n1nc(C(C)(C)C)cc1C. The van der Waals surface area contributed by atoms with E-state index in [1.807, 2.05) is 0 Å². The van der Waals surface area contributed by atoms with Crippen LogP contribution in [-0.2, 0) is 22.0 Å². The van der Waals surface area contributed by atoms with Gasteiger partial charge in [-0.25, -0.2) is 14.0 Å². The second-order valence-electron chi connectivity index (χ2n) is 12.5. The molecule has 3 aromatic heterocycles. The summed E-state index contributed by atoms with van der Waals surface area (Å²) in [5.41, 5.74) is 6.26. The molecule has 0 amide bonds. The minimum atomic E-state index is -0.769. The van der Waals surface area contributed by atoms with Crippen molar-refractivity contribution in [3.05, 3.63) is 52.4 Å². The highest BCUT2D eigenvalue weighted by Crippen LogP contribution is 2.33. The van der Waals surface area contributed by atoms with E-state index in [1.165, 1.54) is 0 Å². The Morgan fingerprint density at radius 3 is 0.844 bits per heavy atom. The zero-order chi connectivity index (χ0) is 24.4. The van der Waals surface area contributed by atoms with Gasteiger partial charge in [0.15, 0.2) is 0 Å². The first-order valence-electron chi connectivity index (χ1n) is 11.6. The van der Waals surface area contributed by atoms with Crippen LogP contribution in [0.1, 0.15) is 103 Å². The molecule has 0 fully saturated rings. The van der Waals surface area contributed by atoms with Crippen molar-refractivity contribution < 1.29 is 0 Å². The van der Waals surface area contributed by atoms with Gasteiger partial charge in [0, 0.05) is 40.3 Å². The minimum Gasteiger partial charge on any atom is -0.222 e. The summed E-state index contributed by atoms with van der Waals surface area (Å²) in [6.07, 6.45) is 0. The first-order valence-corrected chi connectivity index (χ1v) is 11.6. The number of nitrogens with zero attached hydrogens (tertiary/aromatic N) is 6. The Morgan fingerprint density at radius 2 is 0.688 bits per heavy atom. The van der Waals surface area contributed by atoms with Crippen molar-refractivity contribution in [1.29, 1.82) is 0 Å². The van der Waals surface area contributed by atoms with Gasteiger partial charge in [-0.3, -0.25) is 0 Å². The van der Waals surface area contributed by atoms with Gasteiger partial charge in [-0.15, -0.1) is 0 Å². The van der Waals surface area contributed by atoms with E-state index in [2.05, 4.69) is 122 Å². The number of hydrogen-bond acceptors (Lipinski definition) is 3. The predicted molar refractivity (Wildman–Crippen MR) is 131 cm³/mol.